The predicted molar refractivity (Wildman–Crippen MR) is 102 cm³/mol. The second kappa shape index (κ2) is 10.1. The van der Waals surface area contributed by atoms with Gasteiger partial charge in [-0.2, -0.15) is 0 Å². The fourth-order valence-electron chi connectivity index (χ4n) is 3.22. The van der Waals surface area contributed by atoms with Crippen LogP contribution in [0.15, 0.2) is 42.0 Å². The van der Waals surface area contributed by atoms with Crippen molar-refractivity contribution in [3.05, 3.63) is 47.5 Å². The average Bonchev–Trinajstić information content (AvgIpc) is 2.65. The van der Waals surface area contributed by atoms with Gasteiger partial charge in [0.05, 0.1) is 0 Å². The van der Waals surface area contributed by atoms with Gasteiger partial charge in [-0.3, -0.25) is 9.59 Å². The Morgan fingerprint density at radius 2 is 1.92 bits per heavy atom. The number of primary amides is 1. The zero-order valence-corrected chi connectivity index (χ0v) is 15.6. The van der Waals surface area contributed by atoms with E-state index in [-0.39, 0.29) is 12.3 Å². The second-order valence-electron chi connectivity index (χ2n) is 7.19. The van der Waals surface area contributed by atoms with Crippen LogP contribution in [0, 0.1) is 5.92 Å². The Balaban J connectivity index is 1.74. The zero-order valence-electron chi connectivity index (χ0n) is 15.6. The van der Waals surface area contributed by atoms with E-state index in [4.69, 9.17) is 5.73 Å². The molecule has 2 rings (SSSR count). The summed E-state index contributed by atoms with van der Waals surface area (Å²) in [5, 5.41) is 9.51. The summed E-state index contributed by atoms with van der Waals surface area (Å²) in [4.78, 5) is 25.4. The van der Waals surface area contributed by atoms with Gasteiger partial charge in [0.15, 0.2) is 0 Å². The Bertz CT molecular complexity index is 627. The van der Waals surface area contributed by atoms with Crippen LogP contribution in [0.5, 0.6) is 0 Å². The first kappa shape index (κ1) is 20.2. The normalized spacial score (nSPS) is 16.9. The van der Waals surface area contributed by atoms with E-state index in [0.717, 1.165) is 38.8 Å². The number of hydrogen-bond donors (Lipinski definition) is 2. The molecule has 142 valence electrons. The zero-order chi connectivity index (χ0) is 18.9. The number of rotatable bonds is 10. The molecule has 0 spiro atoms. The molecule has 5 nitrogen and oxygen atoms in total. The molecule has 0 saturated heterocycles. The molecule has 1 aromatic rings. The minimum Gasteiger partial charge on any atom is -0.383 e. The van der Waals surface area contributed by atoms with E-state index in [1.165, 1.54) is 5.56 Å². The molecule has 26 heavy (non-hydrogen) atoms. The summed E-state index contributed by atoms with van der Waals surface area (Å²) < 4.78 is 0. The SMILES string of the molecule is CC(CCc1ccccc1)CCN1CCC=C(CCC(O)C(N)=O)C1=O. The van der Waals surface area contributed by atoms with Crippen molar-refractivity contribution >= 4 is 11.8 Å². The van der Waals surface area contributed by atoms with Crippen LogP contribution in [-0.2, 0) is 16.0 Å². The van der Waals surface area contributed by atoms with Gasteiger partial charge in [-0.05, 0) is 50.0 Å². The van der Waals surface area contributed by atoms with Gasteiger partial charge in [0.1, 0.15) is 6.10 Å². The minimum absolute atomic E-state index is 0.0307. The van der Waals surface area contributed by atoms with E-state index in [2.05, 4.69) is 31.2 Å². The number of benzene rings is 1. The van der Waals surface area contributed by atoms with E-state index >= 15 is 0 Å². The molecular formula is C21H30N2O3. The van der Waals surface area contributed by atoms with Gasteiger partial charge in [-0.15, -0.1) is 0 Å². The van der Waals surface area contributed by atoms with Crippen LogP contribution >= 0.6 is 0 Å². The van der Waals surface area contributed by atoms with E-state index in [1.807, 2.05) is 17.0 Å². The lowest BCUT2D eigenvalue weighted by Gasteiger charge is -2.28. The van der Waals surface area contributed by atoms with Crippen molar-refractivity contribution < 1.29 is 14.7 Å². The Morgan fingerprint density at radius 1 is 1.19 bits per heavy atom. The summed E-state index contributed by atoms with van der Waals surface area (Å²) >= 11 is 0. The molecule has 2 atom stereocenters. The number of aliphatic hydroxyl groups excluding tert-OH is 1. The summed E-state index contributed by atoms with van der Waals surface area (Å²) in [6, 6.07) is 10.5. The van der Waals surface area contributed by atoms with Gasteiger partial charge >= 0.3 is 0 Å². The lowest BCUT2D eigenvalue weighted by Crippen LogP contribution is -2.37. The first-order valence-corrected chi connectivity index (χ1v) is 9.47. The topological polar surface area (TPSA) is 83.6 Å². The lowest BCUT2D eigenvalue weighted by molar-refractivity contribution is -0.129. The molecule has 0 radical (unpaired) electrons. The van der Waals surface area contributed by atoms with E-state index in [9.17, 15) is 14.7 Å². The number of carbonyl (C=O) groups is 2. The Labute approximate surface area is 155 Å². The minimum atomic E-state index is -1.18. The molecule has 0 aromatic heterocycles. The van der Waals surface area contributed by atoms with Crippen LogP contribution in [0.2, 0.25) is 0 Å². The maximum Gasteiger partial charge on any atom is 0.249 e. The predicted octanol–water partition coefficient (Wildman–Crippen LogP) is 2.43. The Kier molecular flexibility index (Phi) is 7.85. The third-order valence-electron chi connectivity index (χ3n) is 5.03. The van der Waals surface area contributed by atoms with E-state index in [0.29, 0.717) is 17.9 Å². The third kappa shape index (κ3) is 6.30. The molecule has 5 heteroatoms. The van der Waals surface area contributed by atoms with Gasteiger partial charge in [0, 0.05) is 18.7 Å². The lowest BCUT2D eigenvalue weighted by atomic mass is 9.97. The monoisotopic (exact) mass is 358 g/mol. The summed E-state index contributed by atoms with van der Waals surface area (Å²) in [5.74, 6) is -0.157. The fourth-order valence-corrected chi connectivity index (χ4v) is 3.22. The van der Waals surface area contributed by atoms with Crippen LogP contribution in [0.3, 0.4) is 0 Å². The van der Waals surface area contributed by atoms with Gasteiger partial charge in [-0.1, -0.05) is 43.3 Å². The highest BCUT2D eigenvalue weighted by atomic mass is 16.3. The van der Waals surface area contributed by atoms with Crippen LogP contribution in [-0.4, -0.2) is 41.0 Å². The van der Waals surface area contributed by atoms with Gasteiger partial charge in [-0.25, -0.2) is 0 Å². The largest absolute Gasteiger partial charge is 0.383 e. The Hall–Kier alpha value is -2.14. The highest BCUT2D eigenvalue weighted by Gasteiger charge is 2.23. The molecular weight excluding hydrogens is 328 g/mol. The molecule has 2 unspecified atom stereocenters. The highest BCUT2D eigenvalue weighted by Crippen LogP contribution is 2.20. The molecule has 2 amide bonds. The smallest absolute Gasteiger partial charge is 0.249 e. The molecule has 0 saturated carbocycles. The molecule has 0 aliphatic carbocycles. The van der Waals surface area contributed by atoms with Crippen LogP contribution < -0.4 is 5.73 Å². The van der Waals surface area contributed by atoms with Crippen molar-refractivity contribution in [3.8, 4) is 0 Å². The first-order valence-electron chi connectivity index (χ1n) is 9.47. The van der Waals surface area contributed by atoms with Crippen molar-refractivity contribution in [2.24, 2.45) is 11.7 Å². The number of amides is 2. The molecule has 1 heterocycles. The molecule has 0 fully saturated rings. The van der Waals surface area contributed by atoms with E-state index in [1.54, 1.807) is 0 Å². The van der Waals surface area contributed by atoms with E-state index < -0.39 is 12.0 Å². The second-order valence-corrected chi connectivity index (χ2v) is 7.19. The van der Waals surface area contributed by atoms with Crippen molar-refractivity contribution in [1.29, 1.82) is 0 Å². The molecule has 1 aromatic carbocycles. The third-order valence-corrected chi connectivity index (χ3v) is 5.03. The summed E-state index contributed by atoms with van der Waals surface area (Å²) in [6.07, 6.45) is 5.31. The van der Waals surface area contributed by atoms with Crippen LogP contribution in [0.25, 0.3) is 0 Å². The number of aryl methyl sites for hydroxylation is 1. The van der Waals surface area contributed by atoms with Crippen molar-refractivity contribution in [2.45, 2.75) is 51.6 Å². The summed E-state index contributed by atoms with van der Waals surface area (Å²) in [6.45, 7) is 3.73. The average molecular weight is 358 g/mol. The molecule has 1 aliphatic rings. The van der Waals surface area contributed by atoms with Crippen molar-refractivity contribution in [3.63, 3.8) is 0 Å². The number of aliphatic hydroxyl groups is 1. The Morgan fingerprint density at radius 3 is 2.62 bits per heavy atom. The van der Waals surface area contributed by atoms with Crippen LogP contribution in [0.4, 0.5) is 0 Å². The van der Waals surface area contributed by atoms with Gasteiger partial charge in [0.25, 0.3) is 0 Å². The highest BCUT2D eigenvalue weighted by molar-refractivity contribution is 5.94. The standard InChI is InChI=1S/C21H30N2O3/c1-16(9-10-17-6-3-2-4-7-17)13-15-23-14-5-8-18(21(23)26)11-12-19(24)20(22)25/h2-4,6-8,16,19,24H,5,9-15H2,1H3,(H2,22,25). The van der Waals surface area contributed by atoms with Crippen molar-refractivity contribution in [1.82, 2.24) is 4.90 Å². The number of carbonyl (C=O) groups excluding carboxylic acids is 2. The molecule has 1 aliphatic heterocycles. The molecule has 3 N–H and O–H groups in total. The maximum atomic E-state index is 12.6. The number of nitrogens with two attached hydrogens (primary N) is 1. The summed E-state index contributed by atoms with van der Waals surface area (Å²) in [5.41, 5.74) is 7.10. The van der Waals surface area contributed by atoms with Crippen molar-refractivity contribution in [2.75, 3.05) is 13.1 Å². The number of nitrogens with zero attached hydrogens (tertiary/aromatic N) is 1. The molecule has 0 bridgehead atoms. The fraction of sp³-hybridized carbons (Fsp3) is 0.524. The van der Waals surface area contributed by atoms with Gasteiger partial charge < -0.3 is 15.7 Å². The maximum absolute atomic E-state index is 12.6. The van der Waals surface area contributed by atoms with Gasteiger partial charge in [0.2, 0.25) is 11.8 Å². The quantitative estimate of drug-likeness (QED) is 0.674. The first-order chi connectivity index (χ1) is 12.5. The number of hydrogen-bond acceptors (Lipinski definition) is 3. The van der Waals surface area contributed by atoms with Crippen LogP contribution in [0.1, 0.15) is 44.6 Å². The summed E-state index contributed by atoms with van der Waals surface area (Å²) in [7, 11) is 0.